The van der Waals surface area contributed by atoms with E-state index in [0.717, 1.165) is 16.9 Å². The molecule has 0 amide bonds. The van der Waals surface area contributed by atoms with Gasteiger partial charge in [0.25, 0.3) is 0 Å². The molecule has 1 heterocycles. The zero-order chi connectivity index (χ0) is 25.4. The number of para-hydroxylation sites is 1. The second-order valence-electron chi connectivity index (χ2n) is 7.41. The Bertz CT molecular complexity index is 1380. The van der Waals surface area contributed by atoms with Gasteiger partial charge in [-0.05, 0) is 49.2 Å². The first kappa shape index (κ1) is 25.7. The van der Waals surface area contributed by atoms with Crippen LogP contribution in [0.1, 0.15) is 43.7 Å². The number of halogens is 1. The van der Waals surface area contributed by atoms with Crippen LogP contribution in [-0.4, -0.2) is 18.4 Å². The molecule has 3 aromatic rings. The normalized spacial score (nSPS) is 10.8. The van der Waals surface area contributed by atoms with Crippen molar-refractivity contribution in [3.05, 3.63) is 91.1 Å². The molecular weight excluding hydrogens is 484 g/mol. The summed E-state index contributed by atoms with van der Waals surface area (Å²) < 4.78 is 11.0. The average molecular weight is 505 g/mol. The summed E-state index contributed by atoms with van der Waals surface area (Å²) in [4.78, 5) is 25.9. The van der Waals surface area contributed by atoms with Gasteiger partial charge in [-0.3, -0.25) is 4.79 Å². The minimum atomic E-state index is -0.535. The van der Waals surface area contributed by atoms with Crippen LogP contribution < -0.4 is 4.74 Å². The molecule has 0 saturated carbocycles. The van der Waals surface area contributed by atoms with Gasteiger partial charge in [-0.2, -0.15) is 10.5 Å². The van der Waals surface area contributed by atoms with E-state index in [1.54, 1.807) is 50.2 Å². The maximum absolute atomic E-state index is 13.0. The van der Waals surface area contributed by atoms with Gasteiger partial charge in [0.15, 0.2) is 5.78 Å². The molecule has 2 aromatic carbocycles. The number of ether oxygens (including phenoxy) is 2. The number of hydrogen-bond donors (Lipinski definition) is 0. The average Bonchev–Trinajstić information content (AvgIpc) is 3.16. The van der Waals surface area contributed by atoms with Crippen LogP contribution in [0.3, 0.4) is 0 Å². The Labute approximate surface area is 212 Å². The van der Waals surface area contributed by atoms with Crippen molar-refractivity contribution in [1.82, 2.24) is 0 Å². The number of benzene rings is 2. The van der Waals surface area contributed by atoms with Gasteiger partial charge in [0.1, 0.15) is 29.4 Å². The molecule has 0 atom stereocenters. The number of esters is 1. The Kier molecular flexibility index (Phi) is 8.80. The maximum Gasteiger partial charge on any atom is 0.348 e. The molecule has 35 heavy (non-hydrogen) atoms. The third-order valence-corrected chi connectivity index (χ3v) is 6.54. The minimum Gasteiger partial charge on any atom is -0.488 e. The molecule has 0 unspecified atom stereocenters. The molecule has 0 saturated heterocycles. The lowest BCUT2D eigenvalue weighted by molar-refractivity contribution is -0.114. The Morgan fingerprint density at radius 3 is 2.60 bits per heavy atom. The zero-order valence-electron chi connectivity index (χ0n) is 19.1. The molecule has 0 N–H and O–H groups in total. The number of carbonyl (C=O) groups is 2. The maximum atomic E-state index is 13.0. The van der Waals surface area contributed by atoms with Crippen molar-refractivity contribution in [2.75, 3.05) is 6.61 Å². The topological polar surface area (TPSA) is 100 Å². The van der Waals surface area contributed by atoms with E-state index in [4.69, 9.17) is 21.1 Å². The van der Waals surface area contributed by atoms with Crippen molar-refractivity contribution in [1.29, 1.82) is 10.5 Å². The molecule has 0 spiro atoms. The lowest BCUT2D eigenvalue weighted by Gasteiger charge is -2.10. The Hall–Kier alpha value is -3.91. The number of rotatable bonds is 9. The molecular formula is C27H21ClN2O4S. The predicted octanol–water partition coefficient (Wildman–Crippen LogP) is 6.06. The van der Waals surface area contributed by atoms with Crippen LogP contribution in [-0.2, 0) is 22.6 Å². The van der Waals surface area contributed by atoms with Crippen molar-refractivity contribution in [3.63, 3.8) is 0 Å². The van der Waals surface area contributed by atoms with E-state index in [9.17, 15) is 20.1 Å². The summed E-state index contributed by atoms with van der Waals surface area (Å²) in [5.41, 5.74) is 2.09. The van der Waals surface area contributed by atoms with Crippen LogP contribution in [0.15, 0.2) is 54.1 Å². The summed E-state index contributed by atoms with van der Waals surface area (Å²) in [7, 11) is 0. The van der Waals surface area contributed by atoms with E-state index in [2.05, 4.69) is 6.07 Å². The van der Waals surface area contributed by atoms with Crippen LogP contribution >= 0.6 is 22.9 Å². The fraction of sp³-hybridized carbons (Fsp3) is 0.185. The lowest BCUT2D eigenvalue weighted by atomic mass is 10.0. The van der Waals surface area contributed by atoms with Gasteiger partial charge in [-0.1, -0.05) is 41.9 Å². The molecule has 0 radical (unpaired) electrons. The second kappa shape index (κ2) is 12.0. The first-order valence-corrected chi connectivity index (χ1v) is 11.9. The van der Waals surface area contributed by atoms with Gasteiger partial charge < -0.3 is 9.47 Å². The van der Waals surface area contributed by atoms with Crippen LogP contribution in [0, 0.1) is 29.6 Å². The van der Waals surface area contributed by atoms with Gasteiger partial charge in [0.2, 0.25) is 0 Å². The van der Waals surface area contributed by atoms with E-state index in [-0.39, 0.29) is 35.6 Å². The van der Waals surface area contributed by atoms with Gasteiger partial charge >= 0.3 is 5.97 Å². The van der Waals surface area contributed by atoms with Crippen LogP contribution in [0.2, 0.25) is 5.02 Å². The molecule has 8 heteroatoms. The van der Waals surface area contributed by atoms with Crippen LogP contribution in [0.5, 0.6) is 5.75 Å². The smallest absolute Gasteiger partial charge is 0.348 e. The predicted molar refractivity (Wildman–Crippen MR) is 134 cm³/mol. The number of allylic oxidation sites excluding steroid dienone is 1. The molecule has 0 aliphatic rings. The highest BCUT2D eigenvalue weighted by molar-refractivity contribution is 7.14. The standard InChI is InChI=1S/C27H21ClN2O4S/c1-3-33-27(32)26-17(2)22(15-30)25(35-26)13-23(31)20(14-29)12-19-8-4-5-10-24(19)34-16-18-7-6-9-21(28)11-18/h4-12H,3,13,16H2,1-2H3/b20-12+. The van der Waals surface area contributed by atoms with E-state index >= 15 is 0 Å². The second-order valence-corrected chi connectivity index (χ2v) is 8.95. The SMILES string of the molecule is CCOC(=O)c1sc(CC(=O)/C(C#N)=C/c2ccccc2OCc2cccc(Cl)c2)c(C#N)c1C. The number of hydrogen-bond acceptors (Lipinski definition) is 7. The highest BCUT2D eigenvalue weighted by Crippen LogP contribution is 2.30. The lowest BCUT2D eigenvalue weighted by Crippen LogP contribution is -2.05. The van der Waals surface area contributed by atoms with Crippen LogP contribution in [0.4, 0.5) is 0 Å². The van der Waals surface area contributed by atoms with E-state index in [1.165, 1.54) is 6.08 Å². The monoisotopic (exact) mass is 504 g/mol. The number of nitrogens with zero attached hydrogens (tertiary/aromatic N) is 2. The number of Topliss-reactive ketones (excluding diaryl/α,β-unsaturated/α-hetero) is 1. The van der Waals surface area contributed by atoms with E-state index in [1.807, 2.05) is 18.2 Å². The van der Waals surface area contributed by atoms with Gasteiger partial charge in [0.05, 0.1) is 17.7 Å². The van der Waals surface area contributed by atoms with Crippen molar-refractivity contribution < 1.29 is 19.1 Å². The first-order chi connectivity index (χ1) is 16.9. The number of carbonyl (C=O) groups excluding carboxylic acids is 2. The minimum absolute atomic E-state index is 0.0866. The molecule has 0 bridgehead atoms. The van der Waals surface area contributed by atoms with Gasteiger partial charge in [-0.15, -0.1) is 11.3 Å². The molecule has 176 valence electrons. The molecule has 6 nitrogen and oxygen atoms in total. The Morgan fingerprint density at radius 1 is 1.14 bits per heavy atom. The summed E-state index contributed by atoms with van der Waals surface area (Å²) in [6.07, 6.45) is 1.28. The largest absolute Gasteiger partial charge is 0.488 e. The molecule has 0 fully saturated rings. The molecule has 3 rings (SSSR count). The highest BCUT2D eigenvalue weighted by Gasteiger charge is 2.23. The quantitative estimate of drug-likeness (QED) is 0.199. The number of nitriles is 2. The van der Waals surface area contributed by atoms with Crippen LogP contribution in [0.25, 0.3) is 6.08 Å². The molecule has 0 aliphatic carbocycles. The van der Waals surface area contributed by atoms with Gasteiger partial charge in [-0.25, -0.2) is 4.79 Å². The molecule has 1 aromatic heterocycles. The third-order valence-electron chi connectivity index (χ3n) is 5.04. The van der Waals surface area contributed by atoms with Gasteiger partial charge in [0, 0.05) is 21.9 Å². The third kappa shape index (κ3) is 6.36. The number of ketones is 1. The number of thiophene rings is 1. The summed E-state index contributed by atoms with van der Waals surface area (Å²) in [6.45, 7) is 3.80. The summed E-state index contributed by atoms with van der Waals surface area (Å²) >= 11 is 7.07. The summed E-state index contributed by atoms with van der Waals surface area (Å²) in [6, 6.07) is 18.4. The van der Waals surface area contributed by atoms with Crippen molar-refractivity contribution in [2.45, 2.75) is 26.9 Å². The Balaban J connectivity index is 1.84. The summed E-state index contributed by atoms with van der Waals surface area (Å²) in [5.74, 6) is -0.500. The molecule has 0 aliphatic heterocycles. The zero-order valence-corrected chi connectivity index (χ0v) is 20.7. The fourth-order valence-electron chi connectivity index (χ4n) is 3.33. The van der Waals surface area contributed by atoms with Crippen molar-refractivity contribution in [3.8, 4) is 17.9 Å². The van der Waals surface area contributed by atoms with Crippen molar-refractivity contribution >= 4 is 40.8 Å². The first-order valence-electron chi connectivity index (χ1n) is 10.7. The fourth-order valence-corrected chi connectivity index (χ4v) is 4.69. The van der Waals surface area contributed by atoms with E-state index in [0.29, 0.717) is 26.8 Å². The Morgan fingerprint density at radius 2 is 1.91 bits per heavy atom. The van der Waals surface area contributed by atoms with E-state index < -0.39 is 11.8 Å². The summed E-state index contributed by atoms with van der Waals surface area (Å²) in [5, 5.41) is 19.8. The van der Waals surface area contributed by atoms with Crippen molar-refractivity contribution in [2.24, 2.45) is 0 Å². The highest BCUT2D eigenvalue weighted by atomic mass is 35.5.